The highest BCUT2D eigenvalue weighted by Gasteiger charge is 2.24. The summed E-state index contributed by atoms with van der Waals surface area (Å²) in [6.07, 6.45) is 3.13. The first-order valence-corrected chi connectivity index (χ1v) is 5.42. The Bertz CT molecular complexity index is 428. The maximum atomic E-state index is 5.61. The van der Waals surface area contributed by atoms with Crippen molar-refractivity contribution in [3.8, 4) is 0 Å². The molecule has 0 saturated carbocycles. The van der Waals surface area contributed by atoms with Crippen molar-refractivity contribution in [2.24, 2.45) is 5.84 Å². The fraction of sp³-hybridized carbons (Fsp3) is 0.231. The lowest BCUT2D eigenvalue weighted by Gasteiger charge is -2.24. The number of nitrogens with two attached hydrogens (primary N) is 1. The molecule has 0 radical (unpaired) electrons. The van der Waals surface area contributed by atoms with Crippen molar-refractivity contribution in [3.63, 3.8) is 0 Å². The zero-order valence-corrected chi connectivity index (χ0v) is 9.67. The Morgan fingerprint density at radius 2 is 1.94 bits per heavy atom. The summed E-state index contributed by atoms with van der Waals surface area (Å²) in [5.41, 5.74) is 4.80. The molecular formula is C13H16N2O2. The van der Waals surface area contributed by atoms with Crippen molar-refractivity contribution in [2.45, 2.75) is 12.1 Å². The van der Waals surface area contributed by atoms with E-state index in [0.29, 0.717) is 0 Å². The van der Waals surface area contributed by atoms with E-state index in [1.807, 2.05) is 36.4 Å². The van der Waals surface area contributed by atoms with Gasteiger partial charge >= 0.3 is 0 Å². The van der Waals surface area contributed by atoms with Gasteiger partial charge < -0.3 is 9.15 Å². The van der Waals surface area contributed by atoms with Gasteiger partial charge in [-0.25, -0.2) is 5.43 Å². The van der Waals surface area contributed by atoms with Crippen molar-refractivity contribution >= 4 is 0 Å². The van der Waals surface area contributed by atoms with Crippen LogP contribution >= 0.6 is 0 Å². The molecule has 0 spiro atoms. The summed E-state index contributed by atoms with van der Waals surface area (Å²) in [6, 6.07) is 11.7. The number of furan rings is 1. The van der Waals surface area contributed by atoms with Gasteiger partial charge in [-0.3, -0.25) is 5.84 Å². The van der Waals surface area contributed by atoms with Crippen LogP contribution in [-0.4, -0.2) is 7.11 Å². The second-order valence-electron chi connectivity index (χ2n) is 3.77. The third kappa shape index (κ3) is 2.55. The van der Waals surface area contributed by atoms with Crippen LogP contribution in [0, 0.1) is 0 Å². The number of rotatable bonds is 5. The number of ether oxygens (including phenoxy) is 1. The molecule has 17 heavy (non-hydrogen) atoms. The summed E-state index contributed by atoms with van der Waals surface area (Å²) in [7, 11) is 1.67. The van der Waals surface area contributed by atoms with E-state index >= 15 is 0 Å². The van der Waals surface area contributed by atoms with Crippen molar-refractivity contribution in [1.29, 1.82) is 0 Å². The Kier molecular flexibility index (Phi) is 3.93. The molecule has 1 heterocycles. The minimum absolute atomic E-state index is 0.138. The molecule has 2 aromatic rings. The van der Waals surface area contributed by atoms with E-state index in [2.05, 4.69) is 5.43 Å². The first kappa shape index (κ1) is 11.9. The Morgan fingerprint density at radius 1 is 1.18 bits per heavy atom. The Hall–Kier alpha value is -1.62. The van der Waals surface area contributed by atoms with E-state index in [9.17, 15) is 0 Å². The summed E-state index contributed by atoms with van der Waals surface area (Å²) < 4.78 is 10.6. The largest absolute Gasteiger partial charge is 0.472 e. The lowest BCUT2D eigenvalue weighted by Crippen LogP contribution is -2.33. The van der Waals surface area contributed by atoms with Crippen LogP contribution in [0.3, 0.4) is 0 Å². The quantitative estimate of drug-likeness (QED) is 0.612. The highest BCUT2D eigenvalue weighted by molar-refractivity contribution is 5.23. The van der Waals surface area contributed by atoms with Crippen molar-refractivity contribution in [3.05, 3.63) is 60.1 Å². The SMILES string of the molecule is COC(c1ccccc1)C(NN)c1ccoc1. The van der Waals surface area contributed by atoms with E-state index in [0.717, 1.165) is 11.1 Å². The van der Waals surface area contributed by atoms with Crippen molar-refractivity contribution in [2.75, 3.05) is 7.11 Å². The molecule has 3 N–H and O–H groups in total. The molecule has 4 nitrogen and oxygen atoms in total. The van der Waals surface area contributed by atoms with Crippen LogP contribution in [0.5, 0.6) is 0 Å². The van der Waals surface area contributed by atoms with Gasteiger partial charge in [0.05, 0.1) is 18.6 Å². The molecule has 4 heteroatoms. The third-order valence-corrected chi connectivity index (χ3v) is 2.77. The third-order valence-electron chi connectivity index (χ3n) is 2.77. The smallest absolute Gasteiger partial charge is 0.103 e. The highest BCUT2D eigenvalue weighted by Crippen LogP contribution is 2.30. The van der Waals surface area contributed by atoms with Crippen LogP contribution in [-0.2, 0) is 4.74 Å². The summed E-state index contributed by atoms with van der Waals surface area (Å²) in [6.45, 7) is 0. The standard InChI is InChI=1S/C13H16N2O2/c1-16-13(10-5-3-2-4-6-10)12(15-14)11-7-8-17-9-11/h2-9,12-13,15H,14H2,1H3. The van der Waals surface area contributed by atoms with E-state index in [1.54, 1.807) is 19.6 Å². The topological polar surface area (TPSA) is 60.4 Å². The van der Waals surface area contributed by atoms with Gasteiger partial charge in [0.25, 0.3) is 0 Å². The average Bonchev–Trinajstić information content (AvgIpc) is 2.90. The number of hydrogen-bond donors (Lipinski definition) is 2. The predicted molar refractivity (Wildman–Crippen MR) is 65.0 cm³/mol. The monoisotopic (exact) mass is 232 g/mol. The van der Waals surface area contributed by atoms with Gasteiger partial charge in [-0.1, -0.05) is 30.3 Å². The lowest BCUT2D eigenvalue weighted by molar-refractivity contribution is 0.0674. The number of methoxy groups -OCH3 is 1. The molecule has 0 amide bonds. The second-order valence-corrected chi connectivity index (χ2v) is 3.77. The van der Waals surface area contributed by atoms with Gasteiger partial charge in [-0.15, -0.1) is 0 Å². The zero-order valence-electron chi connectivity index (χ0n) is 9.67. The van der Waals surface area contributed by atoms with E-state index in [1.165, 1.54) is 0 Å². The van der Waals surface area contributed by atoms with Crippen molar-refractivity contribution < 1.29 is 9.15 Å². The summed E-state index contributed by atoms with van der Waals surface area (Å²) >= 11 is 0. The van der Waals surface area contributed by atoms with Gasteiger partial charge in [0, 0.05) is 12.7 Å². The fourth-order valence-electron chi connectivity index (χ4n) is 1.92. The molecule has 0 saturated heterocycles. The summed E-state index contributed by atoms with van der Waals surface area (Å²) in [5.74, 6) is 5.61. The predicted octanol–water partition coefficient (Wildman–Crippen LogP) is 2.17. The Morgan fingerprint density at radius 3 is 2.47 bits per heavy atom. The summed E-state index contributed by atoms with van der Waals surface area (Å²) in [5, 5.41) is 0. The van der Waals surface area contributed by atoms with E-state index < -0.39 is 0 Å². The van der Waals surface area contributed by atoms with Crippen LogP contribution in [0.1, 0.15) is 23.3 Å². The molecule has 90 valence electrons. The molecule has 2 rings (SSSR count). The van der Waals surface area contributed by atoms with E-state index in [-0.39, 0.29) is 12.1 Å². The van der Waals surface area contributed by atoms with Crippen LogP contribution in [0.15, 0.2) is 53.3 Å². The first-order valence-electron chi connectivity index (χ1n) is 5.42. The highest BCUT2D eigenvalue weighted by atomic mass is 16.5. The molecule has 2 unspecified atom stereocenters. The number of benzene rings is 1. The van der Waals surface area contributed by atoms with Crippen molar-refractivity contribution in [1.82, 2.24) is 5.43 Å². The van der Waals surface area contributed by atoms with Crippen LogP contribution in [0.2, 0.25) is 0 Å². The molecule has 1 aromatic heterocycles. The molecule has 2 atom stereocenters. The van der Waals surface area contributed by atoms with Crippen LogP contribution in [0.25, 0.3) is 0 Å². The molecular weight excluding hydrogens is 216 g/mol. The Balaban J connectivity index is 2.28. The zero-order chi connectivity index (χ0) is 12.1. The number of nitrogens with one attached hydrogen (secondary N) is 1. The second kappa shape index (κ2) is 5.63. The normalized spacial score (nSPS) is 14.5. The summed E-state index contributed by atoms with van der Waals surface area (Å²) in [4.78, 5) is 0. The van der Waals surface area contributed by atoms with Crippen LogP contribution in [0.4, 0.5) is 0 Å². The minimum atomic E-state index is -0.154. The van der Waals surface area contributed by atoms with E-state index in [4.69, 9.17) is 15.0 Å². The number of hydrazine groups is 1. The molecule has 0 bridgehead atoms. The van der Waals surface area contributed by atoms with Gasteiger partial charge in [-0.2, -0.15) is 0 Å². The van der Waals surface area contributed by atoms with Gasteiger partial charge in [0.2, 0.25) is 0 Å². The molecule has 0 aliphatic carbocycles. The molecule has 0 fully saturated rings. The lowest BCUT2D eigenvalue weighted by atomic mass is 9.98. The minimum Gasteiger partial charge on any atom is -0.472 e. The molecule has 0 aliphatic heterocycles. The first-order chi connectivity index (χ1) is 8.36. The average molecular weight is 232 g/mol. The maximum absolute atomic E-state index is 5.61. The van der Waals surface area contributed by atoms with Gasteiger partial charge in [-0.05, 0) is 11.6 Å². The van der Waals surface area contributed by atoms with Gasteiger partial charge in [0.15, 0.2) is 0 Å². The molecule has 0 aliphatic rings. The Labute approximate surface area is 100 Å². The van der Waals surface area contributed by atoms with Gasteiger partial charge in [0.1, 0.15) is 6.10 Å². The van der Waals surface area contributed by atoms with Crippen LogP contribution < -0.4 is 11.3 Å². The molecule has 1 aromatic carbocycles. The maximum Gasteiger partial charge on any atom is 0.103 e. The fourth-order valence-corrected chi connectivity index (χ4v) is 1.92. The number of hydrogen-bond acceptors (Lipinski definition) is 4.